The molecule has 1 fully saturated rings. The molecule has 0 saturated carbocycles. The minimum Gasteiger partial charge on any atom is -0.478 e. The molecule has 6 heteroatoms. The van der Waals surface area contributed by atoms with E-state index in [1.54, 1.807) is 4.90 Å². The van der Waals surface area contributed by atoms with Crippen molar-refractivity contribution >= 4 is 17.7 Å². The highest BCUT2D eigenvalue weighted by Crippen LogP contribution is 2.28. The van der Waals surface area contributed by atoms with E-state index in [0.717, 1.165) is 19.4 Å². The van der Waals surface area contributed by atoms with E-state index in [0.29, 0.717) is 12.2 Å². The van der Waals surface area contributed by atoms with Crippen LogP contribution in [0.2, 0.25) is 0 Å². The lowest BCUT2D eigenvalue weighted by Gasteiger charge is -2.37. The second-order valence-electron chi connectivity index (χ2n) is 5.89. The van der Waals surface area contributed by atoms with Crippen molar-refractivity contribution in [2.24, 2.45) is 5.41 Å². The van der Waals surface area contributed by atoms with Crippen molar-refractivity contribution in [3.8, 4) is 0 Å². The van der Waals surface area contributed by atoms with Gasteiger partial charge in [-0.25, -0.2) is 9.59 Å². The summed E-state index contributed by atoms with van der Waals surface area (Å²) in [6.07, 6.45) is 4.78. The molecule has 0 unspecified atom stereocenters. The molecular formula is C14H19N3O3. The monoisotopic (exact) mass is 277 g/mol. The van der Waals surface area contributed by atoms with E-state index in [4.69, 9.17) is 5.11 Å². The molecule has 2 amide bonds. The van der Waals surface area contributed by atoms with Crippen LogP contribution < -0.4 is 5.32 Å². The van der Waals surface area contributed by atoms with Crippen LogP contribution in [-0.4, -0.2) is 40.1 Å². The van der Waals surface area contributed by atoms with Crippen LogP contribution in [0.15, 0.2) is 18.5 Å². The van der Waals surface area contributed by atoms with Crippen LogP contribution in [0.1, 0.15) is 37.0 Å². The molecule has 0 bridgehead atoms. The van der Waals surface area contributed by atoms with Gasteiger partial charge in [0.25, 0.3) is 0 Å². The first-order chi connectivity index (χ1) is 9.37. The zero-order valence-corrected chi connectivity index (χ0v) is 11.7. The molecule has 0 aliphatic carbocycles. The molecule has 6 nitrogen and oxygen atoms in total. The van der Waals surface area contributed by atoms with Gasteiger partial charge < -0.3 is 15.3 Å². The minimum atomic E-state index is -1.06. The number of pyridine rings is 1. The maximum absolute atomic E-state index is 12.2. The number of piperidine rings is 1. The number of aromatic nitrogens is 1. The molecule has 0 spiro atoms. The number of rotatable bonds is 2. The molecule has 1 aromatic heterocycles. The lowest BCUT2D eigenvalue weighted by Crippen LogP contribution is -2.45. The van der Waals surface area contributed by atoms with Crippen molar-refractivity contribution in [2.45, 2.75) is 26.7 Å². The standard InChI is InChI=1S/C14H19N3O3/c1-14(2)4-3-5-17(9-14)13(20)16-11-6-10(12(18)19)7-15-8-11/h6-8H,3-5,9H2,1-2H3,(H,16,20)(H,18,19). The Labute approximate surface area is 117 Å². The van der Waals surface area contributed by atoms with E-state index < -0.39 is 5.97 Å². The van der Waals surface area contributed by atoms with Gasteiger partial charge in [-0.05, 0) is 24.3 Å². The number of carboxylic acids is 1. The predicted octanol–water partition coefficient (Wildman–Crippen LogP) is 2.43. The number of nitrogens with zero attached hydrogens (tertiary/aromatic N) is 2. The third-order valence-electron chi connectivity index (χ3n) is 3.42. The highest BCUT2D eigenvalue weighted by Gasteiger charge is 2.29. The molecular weight excluding hydrogens is 258 g/mol. The van der Waals surface area contributed by atoms with Crippen LogP contribution in [0.4, 0.5) is 10.5 Å². The van der Waals surface area contributed by atoms with Gasteiger partial charge in [-0.15, -0.1) is 0 Å². The minimum absolute atomic E-state index is 0.0572. The second kappa shape index (κ2) is 5.48. The van der Waals surface area contributed by atoms with Crippen molar-refractivity contribution in [3.05, 3.63) is 24.0 Å². The van der Waals surface area contributed by atoms with Gasteiger partial charge in [0.05, 0.1) is 17.4 Å². The summed E-state index contributed by atoms with van der Waals surface area (Å²) in [6.45, 7) is 5.70. The smallest absolute Gasteiger partial charge is 0.337 e. The Bertz CT molecular complexity index is 528. The third kappa shape index (κ3) is 3.46. The molecule has 1 aromatic rings. The molecule has 20 heavy (non-hydrogen) atoms. The van der Waals surface area contributed by atoms with E-state index >= 15 is 0 Å². The number of likely N-dealkylation sites (tertiary alicyclic amines) is 1. The van der Waals surface area contributed by atoms with Gasteiger partial charge in [0, 0.05) is 19.3 Å². The number of carboxylic acid groups (broad SMARTS) is 1. The highest BCUT2D eigenvalue weighted by molar-refractivity contribution is 5.92. The zero-order chi connectivity index (χ0) is 14.8. The lowest BCUT2D eigenvalue weighted by atomic mass is 9.84. The Hall–Kier alpha value is -2.11. The van der Waals surface area contributed by atoms with Crippen LogP contribution in [0.3, 0.4) is 0 Å². The van der Waals surface area contributed by atoms with Gasteiger partial charge in [0.15, 0.2) is 0 Å². The van der Waals surface area contributed by atoms with Crippen LogP contribution in [-0.2, 0) is 0 Å². The molecule has 2 rings (SSSR count). The second-order valence-corrected chi connectivity index (χ2v) is 5.89. The maximum Gasteiger partial charge on any atom is 0.337 e. The number of hydrogen-bond acceptors (Lipinski definition) is 3. The molecule has 2 heterocycles. The van der Waals surface area contributed by atoms with Crippen LogP contribution in [0.5, 0.6) is 0 Å². The van der Waals surface area contributed by atoms with Crippen LogP contribution in [0.25, 0.3) is 0 Å². The Kier molecular flexibility index (Phi) is 3.92. The Morgan fingerprint density at radius 3 is 2.80 bits per heavy atom. The van der Waals surface area contributed by atoms with E-state index in [1.165, 1.54) is 18.5 Å². The van der Waals surface area contributed by atoms with Crippen molar-refractivity contribution in [1.29, 1.82) is 0 Å². The number of hydrogen-bond donors (Lipinski definition) is 2. The Morgan fingerprint density at radius 1 is 1.40 bits per heavy atom. The summed E-state index contributed by atoms with van der Waals surface area (Å²) in [5, 5.41) is 11.6. The van der Waals surface area contributed by atoms with E-state index in [9.17, 15) is 9.59 Å². The molecule has 1 saturated heterocycles. The summed E-state index contributed by atoms with van der Waals surface area (Å²) in [7, 11) is 0. The van der Waals surface area contributed by atoms with Gasteiger partial charge in [-0.3, -0.25) is 4.98 Å². The van der Waals surface area contributed by atoms with Crippen molar-refractivity contribution in [3.63, 3.8) is 0 Å². The number of aromatic carboxylic acids is 1. The van der Waals surface area contributed by atoms with E-state index in [2.05, 4.69) is 24.1 Å². The summed E-state index contributed by atoms with van der Waals surface area (Å²) in [5.41, 5.74) is 0.580. The number of anilines is 1. The predicted molar refractivity (Wildman–Crippen MR) is 74.8 cm³/mol. The molecule has 108 valence electrons. The first kappa shape index (κ1) is 14.3. The Morgan fingerprint density at radius 2 is 2.15 bits per heavy atom. The van der Waals surface area contributed by atoms with Gasteiger partial charge >= 0.3 is 12.0 Å². The third-order valence-corrected chi connectivity index (χ3v) is 3.42. The van der Waals surface area contributed by atoms with Gasteiger partial charge in [-0.1, -0.05) is 13.8 Å². The van der Waals surface area contributed by atoms with Crippen molar-refractivity contribution in [2.75, 3.05) is 18.4 Å². The number of amides is 2. The number of urea groups is 1. The first-order valence-electron chi connectivity index (χ1n) is 6.62. The average Bonchev–Trinajstić information content (AvgIpc) is 2.37. The summed E-state index contributed by atoms with van der Waals surface area (Å²) in [4.78, 5) is 28.6. The Balaban J connectivity index is 2.04. The molecule has 1 aliphatic rings. The van der Waals surface area contributed by atoms with Gasteiger partial charge in [-0.2, -0.15) is 0 Å². The van der Waals surface area contributed by atoms with Crippen molar-refractivity contribution < 1.29 is 14.7 Å². The molecule has 2 N–H and O–H groups in total. The number of nitrogens with one attached hydrogen (secondary N) is 1. The van der Waals surface area contributed by atoms with Crippen LogP contribution in [0, 0.1) is 5.41 Å². The quantitative estimate of drug-likeness (QED) is 0.869. The summed E-state index contributed by atoms with van der Waals surface area (Å²) < 4.78 is 0. The average molecular weight is 277 g/mol. The van der Waals surface area contributed by atoms with E-state index in [-0.39, 0.29) is 17.0 Å². The first-order valence-corrected chi connectivity index (χ1v) is 6.62. The normalized spacial score (nSPS) is 17.6. The largest absolute Gasteiger partial charge is 0.478 e. The van der Waals surface area contributed by atoms with E-state index in [1.807, 2.05) is 0 Å². The van der Waals surface area contributed by atoms with Gasteiger partial charge in [0.1, 0.15) is 0 Å². The summed E-state index contributed by atoms with van der Waals surface area (Å²) in [6, 6.07) is 1.20. The molecule has 0 aromatic carbocycles. The molecule has 0 atom stereocenters. The zero-order valence-electron chi connectivity index (χ0n) is 11.7. The summed E-state index contributed by atoms with van der Waals surface area (Å²) >= 11 is 0. The van der Waals surface area contributed by atoms with Crippen LogP contribution >= 0.6 is 0 Å². The fourth-order valence-electron chi connectivity index (χ4n) is 2.42. The fraction of sp³-hybridized carbons (Fsp3) is 0.500. The topological polar surface area (TPSA) is 82.5 Å². The number of carbonyl (C=O) groups excluding carboxylic acids is 1. The SMILES string of the molecule is CC1(C)CCCN(C(=O)Nc2cncc(C(=O)O)c2)C1. The number of carbonyl (C=O) groups is 2. The molecule has 1 aliphatic heterocycles. The van der Waals surface area contributed by atoms with Gasteiger partial charge in [0.2, 0.25) is 0 Å². The highest BCUT2D eigenvalue weighted by atomic mass is 16.4. The fourth-order valence-corrected chi connectivity index (χ4v) is 2.42. The molecule has 0 radical (unpaired) electrons. The maximum atomic E-state index is 12.2. The lowest BCUT2D eigenvalue weighted by molar-refractivity contribution is 0.0696. The van der Waals surface area contributed by atoms with Crippen molar-refractivity contribution in [1.82, 2.24) is 9.88 Å². The summed E-state index contributed by atoms with van der Waals surface area (Å²) in [5.74, 6) is -1.06.